The molecule has 0 aliphatic carbocycles. The highest BCUT2D eigenvalue weighted by Gasteiger charge is 2.16. The van der Waals surface area contributed by atoms with Crippen molar-refractivity contribution in [2.24, 2.45) is 0 Å². The van der Waals surface area contributed by atoms with Gasteiger partial charge in [0.25, 0.3) is 0 Å². The Kier molecular flexibility index (Phi) is 4.28. The molecule has 0 saturated carbocycles. The molecule has 6 heteroatoms. The van der Waals surface area contributed by atoms with Gasteiger partial charge in [-0.3, -0.25) is 0 Å². The summed E-state index contributed by atoms with van der Waals surface area (Å²) >= 11 is 3.35. The van der Waals surface area contributed by atoms with E-state index in [1.807, 2.05) is 18.7 Å². The van der Waals surface area contributed by atoms with Crippen molar-refractivity contribution in [2.75, 3.05) is 23.8 Å². The Hall–Kier alpha value is -0.880. The number of rotatable bonds is 4. The van der Waals surface area contributed by atoms with E-state index in [0.29, 0.717) is 22.7 Å². The zero-order valence-corrected chi connectivity index (χ0v) is 10.4. The standard InChI is InChI=1S/C9H15BrN4O/c1-6(2)14(3-4-15)9-7(10)8(11)12-5-13-9/h5-6,15H,3-4H2,1-2H3,(H2,11,12,13). The highest BCUT2D eigenvalue weighted by Crippen LogP contribution is 2.28. The van der Waals surface area contributed by atoms with Crippen LogP contribution in [0.15, 0.2) is 10.8 Å². The summed E-state index contributed by atoms with van der Waals surface area (Å²) in [5, 5.41) is 8.98. The van der Waals surface area contributed by atoms with E-state index in [0.717, 1.165) is 0 Å². The lowest BCUT2D eigenvalue weighted by Gasteiger charge is -2.27. The largest absolute Gasteiger partial charge is 0.395 e. The molecule has 0 bridgehead atoms. The van der Waals surface area contributed by atoms with Crippen molar-refractivity contribution in [3.05, 3.63) is 10.8 Å². The average molecular weight is 275 g/mol. The number of anilines is 2. The molecule has 84 valence electrons. The fourth-order valence-electron chi connectivity index (χ4n) is 1.29. The first kappa shape index (κ1) is 12.2. The first-order valence-electron chi connectivity index (χ1n) is 4.71. The maximum absolute atomic E-state index is 8.98. The minimum atomic E-state index is 0.0779. The van der Waals surface area contributed by atoms with Gasteiger partial charge in [-0.1, -0.05) is 0 Å². The number of nitrogens with zero attached hydrogens (tertiary/aromatic N) is 3. The third-order valence-corrected chi connectivity index (χ3v) is 2.80. The number of nitrogen functional groups attached to an aromatic ring is 1. The van der Waals surface area contributed by atoms with Gasteiger partial charge in [-0.2, -0.15) is 0 Å². The number of hydrogen-bond acceptors (Lipinski definition) is 5. The van der Waals surface area contributed by atoms with Gasteiger partial charge in [0.05, 0.1) is 6.61 Å². The van der Waals surface area contributed by atoms with Gasteiger partial charge in [-0.25, -0.2) is 9.97 Å². The van der Waals surface area contributed by atoms with Crippen molar-refractivity contribution < 1.29 is 5.11 Å². The van der Waals surface area contributed by atoms with E-state index < -0.39 is 0 Å². The van der Waals surface area contributed by atoms with Crippen LogP contribution in [0.3, 0.4) is 0 Å². The molecule has 0 atom stereocenters. The van der Waals surface area contributed by atoms with Crippen molar-refractivity contribution in [2.45, 2.75) is 19.9 Å². The molecular weight excluding hydrogens is 260 g/mol. The van der Waals surface area contributed by atoms with E-state index in [2.05, 4.69) is 25.9 Å². The van der Waals surface area contributed by atoms with Crippen LogP contribution < -0.4 is 10.6 Å². The predicted molar refractivity (Wildman–Crippen MR) is 63.7 cm³/mol. The van der Waals surface area contributed by atoms with Crippen molar-refractivity contribution in [3.63, 3.8) is 0 Å². The van der Waals surface area contributed by atoms with Gasteiger partial charge in [0, 0.05) is 12.6 Å². The van der Waals surface area contributed by atoms with Gasteiger partial charge in [-0.05, 0) is 29.8 Å². The molecule has 1 aromatic rings. The molecule has 0 aliphatic heterocycles. The van der Waals surface area contributed by atoms with E-state index in [1.54, 1.807) is 0 Å². The normalized spacial score (nSPS) is 10.7. The van der Waals surface area contributed by atoms with Crippen LogP contribution in [0.25, 0.3) is 0 Å². The van der Waals surface area contributed by atoms with Crippen molar-refractivity contribution in [1.82, 2.24) is 9.97 Å². The average Bonchev–Trinajstić information content (AvgIpc) is 2.19. The fourth-order valence-corrected chi connectivity index (χ4v) is 1.72. The van der Waals surface area contributed by atoms with Crippen molar-refractivity contribution in [3.8, 4) is 0 Å². The third kappa shape index (κ3) is 2.79. The van der Waals surface area contributed by atoms with Crippen LogP contribution in [-0.4, -0.2) is 34.3 Å². The summed E-state index contributed by atoms with van der Waals surface area (Å²) in [4.78, 5) is 9.99. The molecule has 0 radical (unpaired) electrons. The van der Waals surface area contributed by atoms with Gasteiger partial charge < -0.3 is 15.7 Å². The zero-order chi connectivity index (χ0) is 11.4. The highest BCUT2D eigenvalue weighted by molar-refractivity contribution is 9.10. The van der Waals surface area contributed by atoms with Gasteiger partial charge in [-0.15, -0.1) is 0 Å². The Bertz CT molecular complexity index is 332. The number of nitrogens with two attached hydrogens (primary N) is 1. The monoisotopic (exact) mass is 274 g/mol. The van der Waals surface area contributed by atoms with Crippen LogP contribution in [-0.2, 0) is 0 Å². The summed E-state index contributed by atoms with van der Waals surface area (Å²) in [6, 6.07) is 0.239. The minimum absolute atomic E-state index is 0.0779. The molecular formula is C9H15BrN4O. The van der Waals surface area contributed by atoms with Crippen LogP contribution >= 0.6 is 15.9 Å². The van der Waals surface area contributed by atoms with E-state index >= 15 is 0 Å². The van der Waals surface area contributed by atoms with Crippen LogP contribution in [0.1, 0.15) is 13.8 Å². The Morgan fingerprint density at radius 2 is 2.20 bits per heavy atom. The maximum atomic E-state index is 8.98. The maximum Gasteiger partial charge on any atom is 0.148 e. The summed E-state index contributed by atoms with van der Waals surface area (Å²) < 4.78 is 0.673. The number of aliphatic hydroxyl groups excluding tert-OH is 1. The van der Waals surface area contributed by atoms with Crippen molar-refractivity contribution in [1.29, 1.82) is 0 Å². The molecule has 15 heavy (non-hydrogen) atoms. The highest BCUT2D eigenvalue weighted by atomic mass is 79.9. The molecule has 0 amide bonds. The van der Waals surface area contributed by atoms with Gasteiger partial charge in [0.1, 0.15) is 22.4 Å². The third-order valence-electron chi connectivity index (χ3n) is 2.03. The van der Waals surface area contributed by atoms with Gasteiger partial charge in [0.2, 0.25) is 0 Å². The molecule has 0 unspecified atom stereocenters. The molecule has 3 N–H and O–H groups in total. The molecule has 0 aliphatic rings. The van der Waals surface area contributed by atoms with Crippen LogP contribution in [0.2, 0.25) is 0 Å². The summed E-state index contributed by atoms with van der Waals surface area (Å²) in [7, 11) is 0. The molecule has 0 saturated heterocycles. The molecule has 0 aromatic carbocycles. The fraction of sp³-hybridized carbons (Fsp3) is 0.556. The first-order chi connectivity index (χ1) is 7.07. The van der Waals surface area contributed by atoms with E-state index in [-0.39, 0.29) is 12.6 Å². The van der Waals surface area contributed by atoms with E-state index in [4.69, 9.17) is 10.8 Å². The summed E-state index contributed by atoms with van der Waals surface area (Å²) in [6.45, 7) is 4.65. The first-order valence-corrected chi connectivity index (χ1v) is 5.50. The summed E-state index contributed by atoms with van der Waals surface area (Å²) in [5.41, 5.74) is 5.67. The number of halogens is 1. The van der Waals surface area contributed by atoms with Crippen LogP contribution in [0.5, 0.6) is 0 Å². The van der Waals surface area contributed by atoms with E-state index in [1.165, 1.54) is 6.33 Å². The topological polar surface area (TPSA) is 75.3 Å². The Balaban J connectivity index is 3.05. The number of hydrogen-bond donors (Lipinski definition) is 2. The SMILES string of the molecule is CC(C)N(CCO)c1ncnc(N)c1Br. The zero-order valence-electron chi connectivity index (χ0n) is 8.81. The molecule has 1 rings (SSSR count). The second kappa shape index (κ2) is 5.27. The Morgan fingerprint density at radius 3 is 2.73 bits per heavy atom. The second-order valence-electron chi connectivity index (χ2n) is 3.41. The molecule has 5 nitrogen and oxygen atoms in total. The molecule has 0 fully saturated rings. The van der Waals surface area contributed by atoms with Gasteiger partial charge >= 0.3 is 0 Å². The Morgan fingerprint density at radius 1 is 1.53 bits per heavy atom. The smallest absolute Gasteiger partial charge is 0.148 e. The quantitative estimate of drug-likeness (QED) is 0.858. The number of aliphatic hydroxyl groups is 1. The molecule has 1 heterocycles. The lowest BCUT2D eigenvalue weighted by Crippen LogP contribution is -2.34. The van der Waals surface area contributed by atoms with Crippen molar-refractivity contribution >= 4 is 27.6 Å². The minimum Gasteiger partial charge on any atom is -0.395 e. The van der Waals surface area contributed by atoms with E-state index in [9.17, 15) is 0 Å². The lowest BCUT2D eigenvalue weighted by molar-refractivity contribution is 0.298. The molecule has 0 spiro atoms. The Labute approximate surface area is 97.5 Å². The van der Waals surface area contributed by atoms with Gasteiger partial charge in [0.15, 0.2) is 0 Å². The summed E-state index contributed by atoms with van der Waals surface area (Å²) in [5.74, 6) is 1.12. The lowest BCUT2D eigenvalue weighted by atomic mass is 10.3. The molecule has 1 aromatic heterocycles. The summed E-state index contributed by atoms with van der Waals surface area (Å²) in [6.07, 6.45) is 1.42. The van der Waals surface area contributed by atoms with Crippen LogP contribution in [0, 0.1) is 0 Å². The predicted octanol–water partition coefficient (Wildman–Crippen LogP) is 1.03. The number of aromatic nitrogens is 2. The van der Waals surface area contributed by atoms with Crippen LogP contribution in [0.4, 0.5) is 11.6 Å². The second-order valence-corrected chi connectivity index (χ2v) is 4.20.